The minimum absolute atomic E-state index is 0.122. The Labute approximate surface area is 160 Å². The molecule has 7 nitrogen and oxygen atoms in total. The first-order valence-corrected chi connectivity index (χ1v) is 9.61. The number of benzene rings is 1. The van der Waals surface area contributed by atoms with Crippen LogP contribution in [0.1, 0.15) is 47.6 Å². The van der Waals surface area contributed by atoms with Gasteiger partial charge in [0.15, 0.2) is 0 Å². The van der Waals surface area contributed by atoms with E-state index in [1.54, 1.807) is 16.8 Å². The van der Waals surface area contributed by atoms with Crippen molar-refractivity contribution in [2.75, 3.05) is 0 Å². The summed E-state index contributed by atoms with van der Waals surface area (Å²) in [6, 6.07) is 6.45. The van der Waals surface area contributed by atoms with E-state index in [0.29, 0.717) is 29.2 Å². The molecule has 3 heterocycles. The Bertz CT molecular complexity index is 1180. The monoisotopic (exact) mass is 376 g/mol. The Morgan fingerprint density at radius 1 is 1.29 bits per heavy atom. The highest BCUT2D eigenvalue weighted by molar-refractivity contribution is 5.93. The van der Waals surface area contributed by atoms with Crippen molar-refractivity contribution in [3.63, 3.8) is 0 Å². The van der Waals surface area contributed by atoms with Crippen LogP contribution >= 0.6 is 0 Å². The van der Waals surface area contributed by atoms with Crippen molar-refractivity contribution < 1.29 is 9.90 Å². The number of hydrogen-bond donors (Lipinski definition) is 1. The zero-order valence-electron chi connectivity index (χ0n) is 15.3. The molecular weight excluding hydrogens is 356 g/mol. The number of carboxylic acids is 1. The number of aromatic carboxylic acids is 1. The Kier molecular flexibility index (Phi) is 3.89. The number of rotatable bonds is 4. The molecule has 3 aromatic rings. The molecule has 1 aliphatic carbocycles. The van der Waals surface area contributed by atoms with E-state index in [4.69, 9.17) is 0 Å². The molecule has 142 valence electrons. The largest absolute Gasteiger partial charge is 0.478 e. The SMILES string of the molecule is O=C(O)c1ccc2c(=O)n3c(nc2c1)C(=Cc1ccnn1CC1CCC1)CC3. The Hall–Kier alpha value is -3.22. The first-order valence-electron chi connectivity index (χ1n) is 9.61. The van der Waals surface area contributed by atoms with Crippen LogP contribution in [0.5, 0.6) is 0 Å². The highest BCUT2D eigenvalue weighted by atomic mass is 16.4. The summed E-state index contributed by atoms with van der Waals surface area (Å²) in [6.45, 7) is 1.51. The number of hydrogen-bond acceptors (Lipinski definition) is 4. The minimum Gasteiger partial charge on any atom is -0.478 e. The first-order chi connectivity index (χ1) is 13.6. The van der Waals surface area contributed by atoms with Crippen molar-refractivity contribution in [2.24, 2.45) is 5.92 Å². The van der Waals surface area contributed by atoms with Crippen LogP contribution in [-0.4, -0.2) is 30.4 Å². The smallest absolute Gasteiger partial charge is 0.335 e. The Morgan fingerprint density at radius 3 is 2.89 bits per heavy atom. The molecule has 1 N–H and O–H groups in total. The molecule has 0 saturated heterocycles. The number of allylic oxidation sites excluding steroid dienone is 1. The van der Waals surface area contributed by atoms with Gasteiger partial charge in [-0.2, -0.15) is 5.10 Å². The molecule has 1 aliphatic heterocycles. The van der Waals surface area contributed by atoms with Crippen molar-refractivity contribution in [1.29, 1.82) is 0 Å². The van der Waals surface area contributed by atoms with Gasteiger partial charge >= 0.3 is 5.97 Å². The zero-order chi connectivity index (χ0) is 19.3. The van der Waals surface area contributed by atoms with Gasteiger partial charge in [-0.05, 0) is 61.1 Å². The maximum absolute atomic E-state index is 12.8. The van der Waals surface area contributed by atoms with E-state index in [9.17, 15) is 14.7 Å². The van der Waals surface area contributed by atoms with Gasteiger partial charge in [0.25, 0.3) is 5.56 Å². The predicted octanol–water partition coefficient (Wildman–Crippen LogP) is 3.04. The summed E-state index contributed by atoms with van der Waals surface area (Å²) < 4.78 is 3.71. The normalized spacial score (nSPS) is 17.8. The summed E-state index contributed by atoms with van der Waals surface area (Å²) in [5, 5.41) is 14.1. The third-order valence-electron chi connectivity index (χ3n) is 5.82. The van der Waals surface area contributed by atoms with Crippen LogP contribution in [0.25, 0.3) is 22.6 Å². The van der Waals surface area contributed by atoms with Crippen molar-refractivity contribution in [2.45, 2.75) is 38.8 Å². The lowest BCUT2D eigenvalue weighted by Crippen LogP contribution is -2.21. The quantitative estimate of drug-likeness (QED) is 0.756. The molecule has 0 spiro atoms. The van der Waals surface area contributed by atoms with Crippen molar-refractivity contribution in [1.82, 2.24) is 19.3 Å². The topological polar surface area (TPSA) is 90.0 Å². The van der Waals surface area contributed by atoms with E-state index < -0.39 is 5.97 Å². The summed E-state index contributed by atoms with van der Waals surface area (Å²) >= 11 is 0. The van der Waals surface area contributed by atoms with E-state index >= 15 is 0 Å². The number of nitrogens with zero attached hydrogens (tertiary/aromatic N) is 4. The van der Waals surface area contributed by atoms with E-state index in [2.05, 4.69) is 16.2 Å². The van der Waals surface area contributed by atoms with Gasteiger partial charge in [-0.3, -0.25) is 14.0 Å². The predicted molar refractivity (Wildman–Crippen MR) is 105 cm³/mol. The molecule has 0 radical (unpaired) electrons. The highest BCUT2D eigenvalue weighted by Crippen LogP contribution is 2.30. The average Bonchev–Trinajstić information content (AvgIpc) is 3.25. The third kappa shape index (κ3) is 2.74. The van der Waals surface area contributed by atoms with E-state index in [-0.39, 0.29) is 11.1 Å². The molecule has 1 fully saturated rings. The number of fused-ring (bicyclic) bond motifs is 2. The van der Waals surface area contributed by atoms with Crippen LogP contribution in [0.2, 0.25) is 0 Å². The van der Waals surface area contributed by atoms with Crippen LogP contribution in [0.15, 0.2) is 35.3 Å². The van der Waals surface area contributed by atoms with Gasteiger partial charge in [0.1, 0.15) is 5.82 Å². The standard InChI is InChI=1S/C21H20N4O3/c26-20-17-5-4-15(21(27)28)11-18(17)23-19-14(7-9-24(19)20)10-16-6-8-22-25(16)12-13-2-1-3-13/h4-6,8,10-11,13H,1-3,7,9,12H2,(H,27,28). The molecule has 1 aromatic carbocycles. The third-order valence-corrected chi connectivity index (χ3v) is 5.82. The second kappa shape index (κ2) is 6.44. The summed E-state index contributed by atoms with van der Waals surface area (Å²) in [7, 11) is 0. The van der Waals surface area contributed by atoms with Gasteiger partial charge in [0.05, 0.1) is 22.2 Å². The van der Waals surface area contributed by atoms with E-state index in [1.165, 1.54) is 31.4 Å². The molecule has 2 aromatic heterocycles. The molecule has 0 atom stereocenters. The molecule has 0 amide bonds. The zero-order valence-corrected chi connectivity index (χ0v) is 15.3. The van der Waals surface area contributed by atoms with E-state index in [0.717, 1.165) is 24.2 Å². The molecule has 0 unspecified atom stereocenters. The average molecular weight is 376 g/mol. The first kappa shape index (κ1) is 16.9. The van der Waals surface area contributed by atoms with Crippen LogP contribution in [0, 0.1) is 5.92 Å². The molecule has 7 heteroatoms. The van der Waals surface area contributed by atoms with Gasteiger partial charge in [-0.1, -0.05) is 6.42 Å². The lowest BCUT2D eigenvalue weighted by molar-refractivity contribution is 0.0697. The van der Waals surface area contributed by atoms with Crippen LogP contribution in [0.3, 0.4) is 0 Å². The van der Waals surface area contributed by atoms with Gasteiger partial charge in [0.2, 0.25) is 0 Å². The van der Waals surface area contributed by atoms with Gasteiger partial charge in [-0.15, -0.1) is 0 Å². The number of carbonyl (C=O) groups is 1. The maximum Gasteiger partial charge on any atom is 0.335 e. The van der Waals surface area contributed by atoms with Crippen molar-refractivity contribution >= 4 is 28.5 Å². The van der Waals surface area contributed by atoms with Crippen molar-refractivity contribution in [3.8, 4) is 0 Å². The molecule has 28 heavy (non-hydrogen) atoms. The Morgan fingerprint density at radius 2 is 2.14 bits per heavy atom. The highest BCUT2D eigenvalue weighted by Gasteiger charge is 2.23. The van der Waals surface area contributed by atoms with Crippen LogP contribution in [-0.2, 0) is 13.1 Å². The molecule has 0 bridgehead atoms. The molecular formula is C21H20N4O3. The van der Waals surface area contributed by atoms with Crippen molar-refractivity contribution in [3.05, 3.63) is 57.9 Å². The molecule has 2 aliphatic rings. The fourth-order valence-corrected chi connectivity index (χ4v) is 4.00. The second-order valence-electron chi connectivity index (χ2n) is 7.58. The van der Waals surface area contributed by atoms with Crippen LogP contribution in [0.4, 0.5) is 0 Å². The molecule has 1 saturated carbocycles. The second-order valence-corrected chi connectivity index (χ2v) is 7.58. The summed E-state index contributed by atoms with van der Waals surface area (Å²) in [5.74, 6) is 0.295. The molecule has 5 rings (SSSR count). The number of aromatic nitrogens is 4. The maximum atomic E-state index is 12.8. The van der Waals surface area contributed by atoms with E-state index in [1.807, 2.05) is 10.7 Å². The summed E-state index contributed by atoms with van der Waals surface area (Å²) in [6.07, 6.45) is 8.40. The van der Waals surface area contributed by atoms with Gasteiger partial charge in [0, 0.05) is 19.3 Å². The lowest BCUT2D eigenvalue weighted by atomic mass is 9.85. The lowest BCUT2D eigenvalue weighted by Gasteiger charge is -2.25. The van der Waals surface area contributed by atoms with Gasteiger partial charge in [-0.25, -0.2) is 9.78 Å². The van der Waals surface area contributed by atoms with Gasteiger partial charge < -0.3 is 5.11 Å². The summed E-state index contributed by atoms with van der Waals surface area (Å²) in [4.78, 5) is 28.7. The summed E-state index contributed by atoms with van der Waals surface area (Å²) in [5.41, 5.74) is 2.43. The fraction of sp³-hybridized carbons (Fsp3) is 0.333. The minimum atomic E-state index is -1.03. The Balaban J connectivity index is 1.58. The number of carboxylic acid groups (broad SMARTS) is 1. The van der Waals surface area contributed by atoms with Crippen LogP contribution < -0.4 is 5.56 Å². The fourth-order valence-electron chi connectivity index (χ4n) is 4.00.